The Morgan fingerprint density at radius 2 is 2.29 bits per heavy atom. The summed E-state index contributed by atoms with van der Waals surface area (Å²) in [5, 5.41) is 2.88. The van der Waals surface area contributed by atoms with Crippen molar-refractivity contribution in [1.29, 1.82) is 0 Å². The van der Waals surface area contributed by atoms with Crippen LogP contribution in [0.1, 0.15) is 16.6 Å². The number of halogens is 1. The van der Waals surface area contributed by atoms with Crippen LogP contribution >= 0.6 is 27.3 Å². The third kappa shape index (κ3) is 2.03. The highest BCUT2D eigenvalue weighted by Gasteiger charge is 2.10. The quantitative estimate of drug-likeness (QED) is 0.910. The van der Waals surface area contributed by atoms with Gasteiger partial charge in [-0.15, -0.1) is 11.3 Å². The summed E-state index contributed by atoms with van der Waals surface area (Å²) in [6.07, 6.45) is 1.78. The lowest BCUT2D eigenvalue weighted by molar-refractivity contribution is 0.857. The Hall–Kier alpha value is -0.710. The Bertz CT molecular complexity index is 414. The summed E-state index contributed by atoms with van der Waals surface area (Å²) >= 11 is 5.00. The SMILES string of the molecule is NC(c1cccc(Br)c1)c1nccs1. The molecule has 72 valence electrons. The zero-order valence-corrected chi connectivity index (χ0v) is 9.75. The summed E-state index contributed by atoms with van der Waals surface area (Å²) in [7, 11) is 0. The second kappa shape index (κ2) is 4.21. The first-order chi connectivity index (χ1) is 6.77. The van der Waals surface area contributed by atoms with Crippen LogP contribution in [0.25, 0.3) is 0 Å². The van der Waals surface area contributed by atoms with E-state index in [0.29, 0.717) is 0 Å². The van der Waals surface area contributed by atoms with E-state index < -0.39 is 0 Å². The molecule has 4 heteroatoms. The molecule has 2 aromatic rings. The van der Waals surface area contributed by atoms with Crippen molar-refractivity contribution in [2.24, 2.45) is 5.73 Å². The third-order valence-electron chi connectivity index (χ3n) is 1.93. The Balaban J connectivity index is 2.32. The molecule has 2 N–H and O–H groups in total. The van der Waals surface area contributed by atoms with Gasteiger partial charge in [0.2, 0.25) is 0 Å². The Labute approximate surface area is 94.9 Å². The minimum Gasteiger partial charge on any atom is -0.318 e. The summed E-state index contributed by atoms with van der Waals surface area (Å²) in [6.45, 7) is 0. The van der Waals surface area contributed by atoms with E-state index in [1.54, 1.807) is 17.5 Å². The van der Waals surface area contributed by atoms with Gasteiger partial charge in [0.15, 0.2) is 0 Å². The molecule has 0 aliphatic heterocycles. The van der Waals surface area contributed by atoms with E-state index in [1.165, 1.54) is 0 Å². The van der Waals surface area contributed by atoms with Crippen molar-refractivity contribution in [1.82, 2.24) is 4.98 Å². The van der Waals surface area contributed by atoms with Gasteiger partial charge in [-0.25, -0.2) is 4.98 Å². The number of rotatable bonds is 2. The van der Waals surface area contributed by atoms with Crippen molar-refractivity contribution in [3.63, 3.8) is 0 Å². The monoisotopic (exact) mass is 268 g/mol. The van der Waals surface area contributed by atoms with Gasteiger partial charge < -0.3 is 5.73 Å². The van der Waals surface area contributed by atoms with E-state index in [9.17, 15) is 0 Å². The van der Waals surface area contributed by atoms with Crippen LogP contribution in [0.3, 0.4) is 0 Å². The number of aromatic nitrogens is 1. The minimum absolute atomic E-state index is 0.118. The molecule has 0 radical (unpaired) electrons. The van der Waals surface area contributed by atoms with Crippen LogP contribution in [0.4, 0.5) is 0 Å². The molecule has 1 aromatic heterocycles. The summed E-state index contributed by atoms with van der Waals surface area (Å²) in [4.78, 5) is 4.20. The van der Waals surface area contributed by atoms with Crippen LogP contribution in [0.15, 0.2) is 40.3 Å². The van der Waals surface area contributed by atoms with Gasteiger partial charge >= 0.3 is 0 Å². The smallest absolute Gasteiger partial charge is 0.114 e. The Morgan fingerprint density at radius 1 is 1.43 bits per heavy atom. The highest BCUT2D eigenvalue weighted by atomic mass is 79.9. The second-order valence-corrected chi connectivity index (χ2v) is 4.74. The maximum Gasteiger partial charge on any atom is 0.114 e. The number of thiazole rings is 1. The average Bonchev–Trinajstić information content (AvgIpc) is 2.69. The molecule has 2 rings (SSSR count). The number of nitrogens with two attached hydrogens (primary N) is 1. The standard InChI is InChI=1S/C10H9BrN2S/c11-8-3-1-2-7(6-8)9(12)10-13-4-5-14-10/h1-6,9H,12H2. The molecule has 0 aliphatic carbocycles. The summed E-state index contributed by atoms with van der Waals surface area (Å²) in [5.41, 5.74) is 7.13. The summed E-state index contributed by atoms with van der Waals surface area (Å²) in [6, 6.07) is 7.88. The molecule has 0 amide bonds. The van der Waals surface area contributed by atoms with Crippen molar-refractivity contribution in [3.05, 3.63) is 50.9 Å². The van der Waals surface area contributed by atoms with E-state index in [2.05, 4.69) is 20.9 Å². The molecular formula is C10H9BrN2S. The van der Waals surface area contributed by atoms with E-state index >= 15 is 0 Å². The predicted octanol–water partition coefficient (Wildman–Crippen LogP) is 2.95. The van der Waals surface area contributed by atoms with E-state index in [-0.39, 0.29) is 6.04 Å². The number of benzene rings is 1. The first-order valence-electron chi connectivity index (χ1n) is 4.18. The lowest BCUT2D eigenvalue weighted by Gasteiger charge is -2.08. The lowest BCUT2D eigenvalue weighted by atomic mass is 10.1. The summed E-state index contributed by atoms with van der Waals surface area (Å²) in [5.74, 6) is 0. The van der Waals surface area contributed by atoms with Gasteiger partial charge in [-0.3, -0.25) is 0 Å². The Morgan fingerprint density at radius 3 is 2.93 bits per heavy atom. The molecule has 1 atom stereocenters. The number of hydrogen-bond donors (Lipinski definition) is 1. The van der Waals surface area contributed by atoms with Crippen LogP contribution in [-0.4, -0.2) is 4.98 Å². The molecule has 1 unspecified atom stereocenters. The first kappa shape index (κ1) is 9.83. The number of hydrogen-bond acceptors (Lipinski definition) is 3. The van der Waals surface area contributed by atoms with E-state index in [1.807, 2.05) is 29.6 Å². The van der Waals surface area contributed by atoms with Gasteiger partial charge in [0, 0.05) is 16.0 Å². The molecular weight excluding hydrogens is 260 g/mol. The molecule has 2 nitrogen and oxygen atoms in total. The minimum atomic E-state index is -0.118. The van der Waals surface area contributed by atoms with Gasteiger partial charge in [-0.1, -0.05) is 28.1 Å². The van der Waals surface area contributed by atoms with E-state index in [4.69, 9.17) is 5.73 Å². The summed E-state index contributed by atoms with van der Waals surface area (Å²) < 4.78 is 1.04. The van der Waals surface area contributed by atoms with Crippen molar-refractivity contribution in [2.75, 3.05) is 0 Å². The topological polar surface area (TPSA) is 38.9 Å². The van der Waals surface area contributed by atoms with Gasteiger partial charge in [-0.2, -0.15) is 0 Å². The normalized spacial score (nSPS) is 12.7. The van der Waals surface area contributed by atoms with Crippen LogP contribution < -0.4 is 5.73 Å². The molecule has 0 spiro atoms. The average molecular weight is 269 g/mol. The molecule has 1 heterocycles. The zero-order valence-electron chi connectivity index (χ0n) is 7.35. The highest BCUT2D eigenvalue weighted by molar-refractivity contribution is 9.10. The fourth-order valence-electron chi connectivity index (χ4n) is 1.23. The van der Waals surface area contributed by atoms with Crippen molar-refractivity contribution in [2.45, 2.75) is 6.04 Å². The fraction of sp³-hybridized carbons (Fsp3) is 0.100. The lowest BCUT2D eigenvalue weighted by Crippen LogP contribution is -2.11. The second-order valence-electron chi connectivity index (χ2n) is 2.90. The zero-order chi connectivity index (χ0) is 9.97. The molecule has 0 bridgehead atoms. The maximum atomic E-state index is 6.06. The molecule has 0 saturated carbocycles. The number of nitrogens with zero attached hydrogens (tertiary/aromatic N) is 1. The van der Waals surface area contributed by atoms with Crippen LogP contribution in [0.5, 0.6) is 0 Å². The molecule has 0 aliphatic rings. The molecule has 1 aromatic carbocycles. The largest absolute Gasteiger partial charge is 0.318 e. The third-order valence-corrected chi connectivity index (χ3v) is 3.28. The maximum absolute atomic E-state index is 6.06. The van der Waals surface area contributed by atoms with Crippen LogP contribution in [0.2, 0.25) is 0 Å². The predicted molar refractivity (Wildman–Crippen MR) is 62.3 cm³/mol. The van der Waals surface area contributed by atoms with Gasteiger partial charge in [-0.05, 0) is 17.7 Å². The van der Waals surface area contributed by atoms with Crippen molar-refractivity contribution >= 4 is 27.3 Å². The molecule has 14 heavy (non-hydrogen) atoms. The first-order valence-corrected chi connectivity index (χ1v) is 5.85. The Kier molecular flexibility index (Phi) is 2.96. The van der Waals surface area contributed by atoms with Crippen LogP contribution in [0, 0.1) is 0 Å². The molecule has 0 fully saturated rings. The van der Waals surface area contributed by atoms with Gasteiger partial charge in [0.1, 0.15) is 5.01 Å². The fourth-order valence-corrected chi connectivity index (χ4v) is 2.31. The van der Waals surface area contributed by atoms with Crippen LogP contribution in [-0.2, 0) is 0 Å². The van der Waals surface area contributed by atoms with Gasteiger partial charge in [0.25, 0.3) is 0 Å². The van der Waals surface area contributed by atoms with Gasteiger partial charge in [0.05, 0.1) is 6.04 Å². The van der Waals surface area contributed by atoms with Crippen molar-refractivity contribution in [3.8, 4) is 0 Å². The van der Waals surface area contributed by atoms with E-state index in [0.717, 1.165) is 15.0 Å². The van der Waals surface area contributed by atoms with Crippen molar-refractivity contribution < 1.29 is 0 Å². The molecule has 0 saturated heterocycles. The highest BCUT2D eigenvalue weighted by Crippen LogP contribution is 2.23.